The van der Waals surface area contributed by atoms with E-state index in [1.165, 1.54) is 6.07 Å². The smallest absolute Gasteiger partial charge is 0.227 e. The summed E-state index contributed by atoms with van der Waals surface area (Å²) in [4.78, 5) is 27.4. The number of anilines is 1. The van der Waals surface area contributed by atoms with E-state index in [1.807, 2.05) is 4.90 Å². The zero-order valence-corrected chi connectivity index (χ0v) is 25.9. The Balaban J connectivity index is 0.999. The van der Waals surface area contributed by atoms with Crippen molar-refractivity contribution >= 4 is 23.5 Å². The Morgan fingerprint density at radius 1 is 1.04 bits per heavy atom. The number of likely N-dealkylation sites (tertiary alicyclic amines) is 2. The third kappa shape index (κ3) is 8.39. The molecule has 3 fully saturated rings. The Kier molecular flexibility index (Phi) is 11.5. The molecule has 4 heterocycles. The van der Waals surface area contributed by atoms with Crippen molar-refractivity contribution in [2.24, 2.45) is 11.8 Å². The highest BCUT2D eigenvalue weighted by Gasteiger charge is 2.48. The largest absolute Gasteiger partial charge is 0.493 e. The van der Waals surface area contributed by atoms with E-state index in [-0.39, 0.29) is 30.8 Å². The van der Waals surface area contributed by atoms with Crippen molar-refractivity contribution in [3.8, 4) is 5.75 Å². The molecule has 6 atom stereocenters. The summed E-state index contributed by atoms with van der Waals surface area (Å²) in [5.41, 5.74) is 0.303. The molecule has 14 heteroatoms. The summed E-state index contributed by atoms with van der Waals surface area (Å²) < 4.78 is 20.7. The van der Waals surface area contributed by atoms with Gasteiger partial charge in [-0.3, -0.25) is 9.69 Å². The van der Waals surface area contributed by atoms with Gasteiger partial charge in [0.15, 0.2) is 0 Å². The van der Waals surface area contributed by atoms with Crippen LogP contribution in [0, 0.1) is 17.7 Å². The van der Waals surface area contributed by atoms with E-state index in [2.05, 4.69) is 14.9 Å². The monoisotopic (exact) mass is 651 g/mol. The van der Waals surface area contributed by atoms with Crippen molar-refractivity contribution in [2.45, 2.75) is 62.6 Å². The molecular weight excluding hydrogens is 609 g/mol. The number of fused-ring (bicyclic) bond motifs is 1. The summed E-state index contributed by atoms with van der Waals surface area (Å²) in [6.07, 6.45) is 0.926. The maximum atomic E-state index is 14.9. The molecule has 1 amide bonds. The van der Waals surface area contributed by atoms with Gasteiger partial charge in [-0.2, -0.15) is 0 Å². The highest BCUT2D eigenvalue weighted by molar-refractivity contribution is 6.30. The van der Waals surface area contributed by atoms with E-state index in [9.17, 15) is 29.6 Å². The molecule has 0 radical (unpaired) electrons. The van der Waals surface area contributed by atoms with Crippen LogP contribution in [0.25, 0.3) is 0 Å². The average molecular weight is 652 g/mol. The summed E-state index contributed by atoms with van der Waals surface area (Å²) in [5, 5.41) is 49.2. The Hall–Kier alpha value is -2.65. The first-order chi connectivity index (χ1) is 21.6. The van der Waals surface area contributed by atoms with Gasteiger partial charge in [0.05, 0.1) is 49.2 Å². The van der Waals surface area contributed by atoms with Crippen molar-refractivity contribution in [1.29, 1.82) is 0 Å². The second-order valence-corrected chi connectivity index (χ2v) is 12.9. The molecule has 0 aliphatic carbocycles. The van der Waals surface area contributed by atoms with Crippen molar-refractivity contribution in [2.75, 3.05) is 57.4 Å². The highest BCUT2D eigenvalue weighted by atomic mass is 35.5. The van der Waals surface area contributed by atoms with Gasteiger partial charge in [0, 0.05) is 51.3 Å². The number of nitrogens with zero attached hydrogens (tertiary/aromatic N) is 5. The topological polar surface area (TPSA) is 163 Å². The van der Waals surface area contributed by atoms with E-state index in [4.69, 9.17) is 21.4 Å². The molecule has 0 bridgehead atoms. The first-order valence-electron chi connectivity index (χ1n) is 15.6. The number of aliphatic hydroxyl groups is 5. The molecule has 3 aliphatic rings. The molecule has 12 nitrogen and oxygen atoms in total. The van der Waals surface area contributed by atoms with Gasteiger partial charge >= 0.3 is 0 Å². The van der Waals surface area contributed by atoms with Crippen LogP contribution in [-0.4, -0.2) is 134 Å². The third-order valence-corrected chi connectivity index (χ3v) is 9.50. The van der Waals surface area contributed by atoms with Gasteiger partial charge in [-0.05, 0) is 43.2 Å². The molecule has 0 unspecified atom stereocenters. The SMILES string of the molecule is O=C(Cc1ccc(OCCCC2CCN(c3ncc(Cl)cn3)CC2)cc1F)N1C[C@@H]2CN(C[C@H](O)[C@@H](O)[C@H](O)[C@H](O)CO)C[C@@H]21. The first kappa shape index (κ1) is 33.7. The number of aromatic nitrogens is 2. The maximum absolute atomic E-state index is 14.9. The Bertz CT molecular complexity index is 1270. The van der Waals surface area contributed by atoms with Crippen LogP contribution in [0.5, 0.6) is 5.75 Å². The molecule has 0 saturated carbocycles. The molecule has 1 aromatic heterocycles. The summed E-state index contributed by atoms with van der Waals surface area (Å²) >= 11 is 5.88. The van der Waals surface area contributed by atoms with Crippen molar-refractivity contribution in [3.05, 3.63) is 47.0 Å². The second kappa shape index (κ2) is 15.3. The van der Waals surface area contributed by atoms with E-state index < -0.39 is 36.8 Å². The van der Waals surface area contributed by atoms with Crippen LogP contribution in [0.15, 0.2) is 30.6 Å². The van der Waals surface area contributed by atoms with E-state index in [0.29, 0.717) is 54.4 Å². The molecule has 0 spiro atoms. The Labute approximate surface area is 267 Å². The third-order valence-electron chi connectivity index (χ3n) is 9.30. The second-order valence-electron chi connectivity index (χ2n) is 12.4. The summed E-state index contributed by atoms with van der Waals surface area (Å²) in [6, 6.07) is 4.55. The number of ether oxygens (including phenoxy) is 1. The molecule has 5 N–H and O–H groups in total. The van der Waals surface area contributed by atoms with Gasteiger partial charge in [0.25, 0.3) is 0 Å². The van der Waals surface area contributed by atoms with Gasteiger partial charge in [-0.15, -0.1) is 0 Å². The maximum Gasteiger partial charge on any atom is 0.227 e. The Morgan fingerprint density at radius 3 is 2.44 bits per heavy atom. The lowest BCUT2D eigenvalue weighted by Crippen LogP contribution is -2.58. The van der Waals surface area contributed by atoms with Gasteiger partial charge < -0.3 is 40.1 Å². The number of β-amino-alcohol motifs (C(OH)–C–C–N with tert-alkyl or cyclic N) is 1. The van der Waals surface area contributed by atoms with Crippen LogP contribution in [0.1, 0.15) is 31.2 Å². The van der Waals surface area contributed by atoms with E-state index in [1.54, 1.807) is 29.4 Å². The van der Waals surface area contributed by atoms with Crippen molar-refractivity contribution < 1.29 is 39.5 Å². The van der Waals surface area contributed by atoms with Crippen LogP contribution < -0.4 is 9.64 Å². The number of rotatable bonds is 14. The number of aliphatic hydroxyl groups excluding tert-OH is 5. The quantitative estimate of drug-likeness (QED) is 0.181. The molecule has 2 aromatic rings. The summed E-state index contributed by atoms with van der Waals surface area (Å²) in [5.74, 6) is 1.27. The number of benzene rings is 1. The van der Waals surface area contributed by atoms with Crippen LogP contribution in [0.4, 0.5) is 10.3 Å². The number of hydrogen-bond acceptors (Lipinski definition) is 11. The molecule has 248 valence electrons. The Morgan fingerprint density at radius 2 is 1.76 bits per heavy atom. The standard InChI is InChI=1S/C31H43ClFN5O7/c32-22-12-34-31(35-13-22)37-7-5-19(6-8-37)2-1-9-45-23-4-3-20(24(33)11-23)10-28(42)38-15-21-14-36(16-25(21)38)17-26(40)29(43)30(44)27(41)18-39/h3-4,11-13,19,21,25-27,29-30,39-41,43-44H,1-2,5-10,14-18H2/t21-,25-,26-,27+,29+,30+/m0/s1. The number of carbonyl (C=O) groups excluding carboxylic acids is 1. The number of halogens is 2. The number of hydrogen-bond donors (Lipinski definition) is 5. The minimum absolute atomic E-state index is 0.0422. The molecular formula is C31H43ClFN5O7. The lowest BCUT2D eigenvalue weighted by atomic mass is 9.91. The van der Waals surface area contributed by atoms with Crippen LogP contribution in [0.3, 0.4) is 0 Å². The van der Waals surface area contributed by atoms with Gasteiger partial charge in [-0.1, -0.05) is 17.7 Å². The minimum atomic E-state index is -1.68. The normalized spacial score (nSPS) is 23.3. The molecule has 3 aliphatic heterocycles. The molecule has 3 saturated heterocycles. The predicted molar refractivity (Wildman–Crippen MR) is 163 cm³/mol. The fraction of sp³-hybridized carbons (Fsp3) is 0.645. The molecule has 5 rings (SSSR count). The van der Waals surface area contributed by atoms with Crippen LogP contribution >= 0.6 is 11.6 Å². The number of carbonyl (C=O) groups is 1. The van der Waals surface area contributed by atoms with E-state index >= 15 is 0 Å². The number of piperidine rings is 1. The molecule has 45 heavy (non-hydrogen) atoms. The lowest BCUT2D eigenvalue weighted by molar-refractivity contribution is -0.140. The summed E-state index contributed by atoms with van der Waals surface area (Å²) in [7, 11) is 0. The average Bonchev–Trinajstić information content (AvgIpc) is 3.34. The zero-order valence-electron chi connectivity index (χ0n) is 25.2. The van der Waals surface area contributed by atoms with Gasteiger partial charge in [0.1, 0.15) is 29.9 Å². The van der Waals surface area contributed by atoms with Crippen LogP contribution in [0.2, 0.25) is 5.02 Å². The molecule has 1 aromatic carbocycles. The highest BCUT2D eigenvalue weighted by Crippen LogP contribution is 2.33. The van der Waals surface area contributed by atoms with Gasteiger partial charge in [-0.25, -0.2) is 14.4 Å². The minimum Gasteiger partial charge on any atom is -0.493 e. The van der Waals surface area contributed by atoms with Crippen LogP contribution in [-0.2, 0) is 11.2 Å². The summed E-state index contributed by atoms with van der Waals surface area (Å²) in [6.45, 7) is 3.19. The fourth-order valence-electron chi connectivity index (χ4n) is 6.57. The van der Waals surface area contributed by atoms with Gasteiger partial charge in [0.2, 0.25) is 11.9 Å². The van der Waals surface area contributed by atoms with Crippen molar-refractivity contribution in [1.82, 2.24) is 19.8 Å². The number of amides is 1. The van der Waals surface area contributed by atoms with Crippen molar-refractivity contribution in [3.63, 3.8) is 0 Å². The lowest BCUT2D eigenvalue weighted by Gasteiger charge is -2.43. The predicted octanol–water partition coefficient (Wildman–Crippen LogP) is 0.466. The van der Waals surface area contributed by atoms with E-state index in [0.717, 1.165) is 38.8 Å². The zero-order chi connectivity index (χ0) is 32.1. The first-order valence-corrected chi connectivity index (χ1v) is 16.0. The fourth-order valence-corrected chi connectivity index (χ4v) is 6.67.